The van der Waals surface area contributed by atoms with Crippen molar-refractivity contribution < 1.29 is 9.13 Å². The average molecular weight is 252 g/mol. The van der Waals surface area contributed by atoms with Crippen molar-refractivity contribution in [2.24, 2.45) is 5.73 Å². The predicted octanol–water partition coefficient (Wildman–Crippen LogP) is 2.16. The highest BCUT2D eigenvalue weighted by atomic mass is 19.1. The molecule has 1 saturated heterocycles. The molecule has 1 fully saturated rings. The van der Waals surface area contributed by atoms with Crippen LogP contribution >= 0.6 is 0 Å². The van der Waals surface area contributed by atoms with E-state index < -0.39 is 0 Å². The molecule has 1 aromatic rings. The average Bonchev–Trinajstić information content (AvgIpc) is 2.88. The largest absolute Gasteiger partial charge is 0.376 e. The minimum Gasteiger partial charge on any atom is -0.376 e. The fraction of sp³-hybridized carbons (Fsp3) is 0.571. The van der Waals surface area contributed by atoms with Crippen molar-refractivity contribution in [2.45, 2.75) is 25.4 Å². The van der Waals surface area contributed by atoms with Gasteiger partial charge >= 0.3 is 0 Å². The minimum atomic E-state index is -0.199. The zero-order valence-electron chi connectivity index (χ0n) is 10.6. The molecular formula is C14H21FN2O. The van der Waals surface area contributed by atoms with Crippen LogP contribution in [-0.2, 0) is 4.74 Å². The Labute approximate surface area is 108 Å². The summed E-state index contributed by atoms with van der Waals surface area (Å²) < 4.78 is 18.6. The molecule has 0 bridgehead atoms. The first-order chi connectivity index (χ1) is 8.79. The Morgan fingerprint density at radius 2 is 2.11 bits per heavy atom. The summed E-state index contributed by atoms with van der Waals surface area (Å²) in [6.45, 7) is 3.29. The monoisotopic (exact) mass is 252 g/mol. The Hall–Kier alpha value is -1.13. The maximum Gasteiger partial charge on any atom is 0.123 e. The number of nitrogens with zero attached hydrogens (tertiary/aromatic N) is 1. The third kappa shape index (κ3) is 3.68. The number of nitrogens with two attached hydrogens (primary N) is 1. The summed E-state index contributed by atoms with van der Waals surface area (Å²) in [7, 11) is 0. The van der Waals surface area contributed by atoms with Crippen LogP contribution in [-0.4, -0.2) is 32.3 Å². The van der Waals surface area contributed by atoms with Gasteiger partial charge in [0, 0.05) is 25.4 Å². The second-order valence-electron chi connectivity index (χ2n) is 4.70. The smallest absolute Gasteiger partial charge is 0.123 e. The van der Waals surface area contributed by atoms with Crippen LogP contribution in [0.1, 0.15) is 19.3 Å². The standard InChI is InChI=1S/C14H21FN2O/c15-12-4-6-13(7-5-12)17(9-2-8-16)11-14-3-1-10-18-14/h4-7,14H,1-3,8-11,16H2. The van der Waals surface area contributed by atoms with Crippen molar-refractivity contribution >= 4 is 5.69 Å². The number of halogens is 1. The molecule has 0 amide bonds. The lowest BCUT2D eigenvalue weighted by Gasteiger charge is -2.27. The zero-order valence-corrected chi connectivity index (χ0v) is 10.6. The van der Waals surface area contributed by atoms with E-state index in [2.05, 4.69) is 4.90 Å². The molecule has 4 heteroatoms. The van der Waals surface area contributed by atoms with E-state index in [0.29, 0.717) is 12.6 Å². The third-order valence-corrected chi connectivity index (χ3v) is 3.27. The molecule has 100 valence electrons. The highest BCUT2D eigenvalue weighted by molar-refractivity contribution is 5.46. The molecule has 1 aromatic carbocycles. The molecule has 3 nitrogen and oxygen atoms in total. The van der Waals surface area contributed by atoms with E-state index in [0.717, 1.165) is 44.6 Å². The molecule has 1 atom stereocenters. The van der Waals surface area contributed by atoms with Crippen LogP contribution in [0.5, 0.6) is 0 Å². The normalized spacial score (nSPS) is 19.1. The van der Waals surface area contributed by atoms with E-state index in [4.69, 9.17) is 10.5 Å². The molecule has 0 aromatic heterocycles. The van der Waals surface area contributed by atoms with Crippen LogP contribution in [0.15, 0.2) is 24.3 Å². The maximum atomic E-state index is 12.9. The van der Waals surface area contributed by atoms with Crippen molar-refractivity contribution in [3.05, 3.63) is 30.1 Å². The Morgan fingerprint density at radius 3 is 2.72 bits per heavy atom. The molecule has 0 radical (unpaired) electrons. The number of ether oxygens (including phenoxy) is 1. The predicted molar refractivity (Wildman–Crippen MR) is 71.3 cm³/mol. The maximum absolute atomic E-state index is 12.9. The minimum absolute atomic E-state index is 0.199. The van der Waals surface area contributed by atoms with Crippen LogP contribution < -0.4 is 10.6 Å². The first-order valence-electron chi connectivity index (χ1n) is 6.62. The van der Waals surface area contributed by atoms with Gasteiger partial charge in [-0.15, -0.1) is 0 Å². The lowest BCUT2D eigenvalue weighted by atomic mass is 10.2. The van der Waals surface area contributed by atoms with Gasteiger partial charge in [-0.25, -0.2) is 4.39 Å². The fourth-order valence-electron chi connectivity index (χ4n) is 2.29. The van der Waals surface area contributed by atoms with Gasteiger partial charge in [0.05, 0.1) is 6.10 Å². The van der Waals surface area contributed by atoms with Gasteiger partial charge in [-0.05, 0) is 50.1 Å². The van der Waals surface area contributed by atoms with Crippen LogP contribution in [0.4, 0.5) is 10.1 Å². The molecule has 0 saturated carbocycles. The summed E-state index contributed by atoms with van der Waals surface area (Å²) in [5, 5.41) is 0. The van der Waals surface area contributed by atoms with Crippen molar-refractivity contribution in [3.63, 3.8) is 0 Å². The highest BCUT2D eigenvalue weighted by Crippen LogP contribution is 2.19. The summed E-state index contributed by atoms with van der Waals surface area (Å²) in [6.07, 6.45) is 3.48. The number of benzene rings is 1. The second-order valence-corrected chi connectivity index (χ2v) is 4.70. The molecular weight excluding hydrogens is 231 g/mol. The summed E-state index contributed by atoms with van der Waals surface area (Å²) in [5.41, 5.74) is 6.61. The van der Waals surface area contributed by atoms with Gasteiger partial charge < -0.3 is 15.4 Å². The van der Waals surface area contributed by atoms with Gasteiger partial charge in [0.2, 0.25) is 0 Å². The SMILES string of the molecule is NCCCN(CC1CCCO1)c1ccc(F)cc1. The van der Waals surface area contributed by atoms with E-state index in [-0.39, 0.29) is 5.82 Å². The molecule has 1 aliphatic rings. The van der Waals surface area contributed by atoms with Crippen molar-refractivity contribution in [1.82, 2.24) is 0 Å². The van der Waals surface area contributed by atoms with Gasteiger partial charge in [-0.2, -0.15) is 0 Å². The zero-order chi connectivity index (χ0) is 12.8. The summed E-state index contributed by atoms with van der Waals surface area (Å²) in [5.74, 6) is -0.199. The Balaban J connectivity index is 2.00. The summed E-state index contributed by atoms with van der Waals surface area (Å²) in [6, 6.07) is 6.64. The van der Waals surface area contributed by atoms with Gasteiger partial charge in [0.25, 0.3) is 0 Å². The molecule has 2 N–H and O–H groups in total. The highest BCUT2D eigenvalue weighted by Gasteiger charge is 2.19. The topological polar surface area (TPSA) is 38.5 Å². The molecule has 1 heterocycles. The summed E-state index contributed by atoms with van der Waals surface area (Å²) in [4.78, 5) is 2.24. The molecule has 1 unspecified atom stereocenters. The van der Waals surface area contributed by atoms with Crippen LogP contribution in [0.25, 0.3) is 0 Å². The number of hydrogen-bond acceptors (Lipinski definition) is 3. The summed E-state index contributed by atoms with van der Waals surface area (Å²) >= 11 is 0. The molecule has 0 aliphatic carbocycles. The van der Waals surface area contributed by atoms with Gasteiger partial charge in [0.15, 0.2) is 0 Å². The van der Waals surface area contributed by atoms with E-state index >= 15 is 0 Å². The van der Waals surface area contributed by atoms with Crippen molar-refractivity contribution in [1.29, 1.82) is 0 Å². The number of hydrogen-bond donors (Lipinski definition) is 1. The molecule has 2 rings (SSSR count). The van der Waals surface area contributed by atoms with E-state index in [1.54, 1.807) is 0 Å². The third-order valence-electron chi connectivity index (χ3n) is 3.27. The quantitative estimate of drug-likeness (QED) is 0.843. The molecule has 1 aliphatic heterocycles. The fourth-order valence-corrected chi connectivity index (χ4v) is 2.29. The van der Waals surface area contributed by atoms with Crippen LogP contribution in [0.2, 0.25) is 0 Å². The van der Waals surface area contributed by atoms with Gasteiger partial charge in [0.1, 0.15) is 5.82 Å². The Morgan fingerprint density at radius 1 is 1.33 bits per heavy atom. The molecule has 0 spiro atoms. The first-order valence-corrected chi connectivity index (χ1v) is 6.62. The number of anilines is 1. The number of rotatable bonds is 6. The van der Waals surface area contributed by atoms with Crippen molar-refractivity contribution in [3.8, 4) is 0 Å². The van der Waals surface area contributed by atoms with Crippen LogP contribution in [0, 0.1) is 5.82 Å². The Kier molecular flexibility index (Phi) is 4.96. The van der Waals surface area contributed by atoms with E-state index in [9.17, 15) is 4.39 Å². The first kappa shape index (κ1) is 13.3. The Bertz CT molecular complexity index is 349. The lowest BCUT2D eigenvalue weighted by molar-refractivity contribution is 0.115. The van der Waals surface area contributed by atoms with Gasteiger partial charge in [-0.3, -0.25) is 0 Å². The lowest BCUT2D eigenvalue weighted by Crippen LogP contribution is -2.33. The van der Waals surface area contributed by atoms with Gasteiger partial charge in [-0.1, -0.05) is 0 Å². The van der Waals surface area contributed by atoms with E-state index in [1.807, 2.05) is 12.1 Å². The van der Waals surface area contributed by atoms with Crippen molar-refractivity contribution in [2.75, 3.05) is 31.1 Å². The molecule has 18 heavy (non-hydrogen) atoms. The van der Waals surface area contributed by atoms with Crippen LogP contribution in [0.3, 0.4) is 0 Å². The second kappa shape index (κ2) is 6.71. The van der Waals surface area contributed by atoms with E-state index in [1.165, 1.54) is 12.1 Å².